The summed E-state index contributed by atoms with van der Waals surface area (Å²) in [4.78, 5) is 38.1. The number of hydrogen-bond acceptors (Lipinski definition) is 8. The van der Waals surface area contributed by atoms with Crippen LogP contribution in [0.3, 0.4) is 0 Å². The Kier molecular flexibility index (Phi) is 6.81. The van der Waals surface area contributed by atoms with Crippen LogP contribution in [0.2, 0.25) is 0 Å². The van der Waals surface area contributed by atoms with E-state index < -0.39 is 40.8 Å². The molecule has 3 aliphatic rings. The van der Waals surface area contributed by atoms with Gasteiger partial charge < -0.3 is 25.6 Å². The molecule has 214 valence electrons. The third-order valence-corrected chi connectivity index (χ3v) is 8.42. The van der Waals surface area contributed by atoms with Gasteiger partial charge in [-0.3, -0.25) is 14.5 Å². The van der Waals surface area contributed by atoms with E-state index in [-0.39, 0.29) is 24.0 Å². The Balaban J connectivity index is 1.50. The highest BCUT2D eigenvalue weighted by atomic mass is 16.5. The molecule has 4 N–H and O–H groups in total. The average molecular weight is 550 g/mol. The summed E-state index contributed by atoms with van der Waals surface area (Å²) in [6, 6.07) is 9.35. The van der Waals surface area contributed by atoms with E-state index in [1.807, 2.05) is 52.0 Å². The number of amides is 2. The van der Waals surface area contributed by atoms with Crippen molar-refractivity contribution < 1.29 is 24.2 Å². The van der Waals surface area contributed by atoms with Crippen molar-refractivity contribution in [1.29, 1.82) is 0 Å². The normalized spacial score (nSPS) is 26.0. The monoisotopic (exact) mass is 549 g/mol. The summed E-state index contributed by atoms with van der Waals surface area (Å²) in [5.74, 6) is 0.662. The highest BCUT2D eigenvalue weighted by Gasteiger charge is 2.47. The van der Waals surface area contributed by atoms with Crippen LogP contribution in [0.4, 0.5) is 0 Å². The van der Waals surface area contributed by atoms with E-state index >= 15 is 0 Å². The molecule has 40 heavy (non-hydrogen) atoms. The van der Waals surface area contributed by atoms with Crippen molar-refractivity contribution in [2.45, 2.75) is 102 Å². The van der Waals surface area contributed by atoms with Gasteiger partial charge in [-0.15, -0.1) is 0 Å². The van der Waals surface area contributed by atoms with Crippen molar-refractivity contribution in [2.75, 3.05) is 0 Å². The lowest BCUT2D eigenvalue weighted by molar-refractivity contribution is -0.133. The molecule has 2 amide bonds. The van der Waals surface area contributed by atoms with Gasteiger partial charge in [-0.05, 0) is 58.7 Å². The number of rotatable bonds is 5. The molecule has 0 bridgehead atoms. The summed E-state index contributed by atoms with van der Waals surface area (Å²) in [6.45, 7) is 11.5. The predicted molar refractivity (Wildman–Crippen MR) is 150 cm³/mol. The topological polar surface area (TPSA) is 139 Å². The van der Waals surface area contributed by atoms with E-state index in [0.29, 0.717) is 42.0 Å². The summed E-state index contributed by atoms with van der Waals surface area (Å²) in [7, 11) is 0. The van der Waals surface area contributed by atoms with E-state index in [0.717, 1.165) is 0 Å². The molecule has 1 aromatic heterocycles. The zero-order valence-electron chi connectivity index (χ0n) is 24.0. The maximum atomic E-state index is 13.6. The number of fused-ring (bicyclic) bond motifs is 2. The number of hydrogen-bond donors (Lipinski definition) is 3. The molecule has 0 saturated carbocycles. The number of aliphatic hydroxyl groups is 1. The highest BCUT2D eigenvalue weighted by Crippen LogP contribution is 2.44. The van der Waals surface area contributed by atoms with Crippen LogP contribution in [0, 0.1) is 0 Å². The minimum absolute atomic E-state index is 0.120. The summed E-state index contributed by atoms with van der Waals surface area (Å²) in [6.07, 6.45) is 1.09. The summed E-state index contributed by atoms with van der Waals surface area (Å²) in [5, 5.41) is 14.0. The van der Waals surface area contributed by atoms with Crippen molar-refractivity contribution >= 4 is 17.8 Å². The van der Waals surface area contributed by atoms with Gasteiger partial charge in [0.05, 0.1) is 24.0 Å². The Bertz CT molecular complexity index is 1370. The van der Waals surface area contributed by atoms with E-state index in [4.69, 9.17) is 25.2 Å². The molecule has 5 rings (SSSR count). The lowest BCUT2D eigenvalue weighted by atomic mass is 9.86. The average Bonchev–Trinajstić information content (AvgIpc) is 2.89. The Labute approximate surface area is 235 Å². The Morgan fingerprint density at radius 3 is 2.48 bits per heavy atom. The molecular formula is C30H39N5O5. The van der Waals surface area contributed by atoms with Crippen molar-refractivity contribution in [2.24, 2.45) is 10.7 Å². The van der Waals surface area contributed by atoms with Crippen LogP contribution in [-0.4, -0.2) is 55.6 Å². The number of aliphatic hydroxyl groups excluding tert-OH is 1. The summed E-state index contributed by atoms with van der Waals surface area (Å²) < 4.78 is 12.2. The molecular weight excluding hydrogens is 510 g/mol. The highest BCUT2D eigenvalue weighted by molar-refractivity contribution is 5.99. The molecule has 0 radical (unpaired) electrons. The minimum atomic E-state index is -1.000. The number of ether oxygens (including phenoxy) is 2. The van der Waals surface area contributed by atoms with Crippen LogP contribution in [-0.2, 0) is 4.79 Å². The first-order valence-corrected chi connectivity index (χ1v) is 13.9. The SMILES string of the molecule is CCC1(CC)CC(=O)N([C@@H]2CC(C)(C)Oc3ccc(C(=O)N[C@@H]4c5ccccc5OC(C)(C)[C@H]4O)nc32)C(N)=N1. The number of guanidine groups is 1. The van der Waals surface area contributed by atoms with E-state index in [2.05, 4.69) is 5.32 Å². The van der Waals surface area contributed by atoms with Gasteiger partial charge in [-0.2, -0.15) is 0 Å². The molecule has 3 aliphatic heterocycles. The van der Waals surface area contributed by atoms with Crippen molar-refractivity contribution in [3.8, 4) is 11.5 Å². The van der Waals surface area contributed by atoms with Gasteiger partial charge in [0.25, 0.3) is 5.91 Å². The van der Waals surface area contributed by atoms with Crippen LogP contribution in [0.15, 0.2) is 41.4 Å². The molecule has 0 fully saturated rings. The fourth-order valence-corrected chi connectivity index (χ4v) is 5.97. The van der Waals surface area contributed by atoms with Crippen molar-refractivity contribution in [3.05, 3.63) is 53.3 Å². The molecule has 10 heteroatoms. The fraction of sp³-hybridized carbons (Fsp3) is 0.533. The van der Waals surface area contributed by atoms with Gasteiger partial charge in [0.2, 0.25) is 5.91 Å². The molecule has 2 aromatic rings. The number of nitrogens with two attached hydrogens (primary N) is 1. The number of carbonyl (C=O) groups is 2. The van der Waals surface area contributed by atoms with Gasteiger partial charge in [-0.1, -0.05) is 32.0 Å². The number of pyridine rings is 1. The molecule has 0 unspecified atom stereocenters. The largest absolute Gasteiger partial charge is 0.486 e. The first kappa shape index (κ1) is 27.9. The number of benzene rings is 1. The summed E-state index contributed by atoms with van der Waals surface area (Å²) >= 11 is 0. The van der Waals surface area contributed by atoms with Crippen LogP contribution in [0.1, 0.15) is 101 Å². The van der Waals surface area contributed by atoms with Crippen molar-refractivity contribution in [3.63, 3.8) is 0 Å². The third kappa shape index (κ3) is 4.78. The molecule has 0 saturated heterocycles. The van der Waals surface area contributed by atoms with Gasteiger partial charge in [0, 0.05) is 12.0 Å². The lowest BCUT2D eigenvalue weighted by Gasteiger charge is -2.44. The molecule has 0 spiro atoms. The molecule has 4 heterocycles. The van der Waals surface area contributed by atoms with Gasteiger partial charge >= 0.3 is 0 Å². The van der Waals surface area contributed by atoms with E-state index in [1.54, 1.807) is 26.0 Å². The number of nitrogens with one attached hydrogen (secondary N) is 1. The number of para-hydroxylation sites is 1. The Morgan fingerprint density at radius 2 is 1.80 bits per heavy atom. The third-order valence-electron chi connectivity index (χ3n) is 8.42. The number of nitrogens with zero attached hydrogens (tertiary/aromatic N) is 3. The van der Waals surface area contributed by atoms with Crippen LogP contribution in [0.25, 0.3) is 0 Å². The number of aromatic nitrogens is 1. The Hall–Kier alpha value is -3.66. The van der Waals surface area contributed by atoms with Crippen LogP contribution >= 0.6 is 0 Å². The maximum absolute atomic E-state index is 13.6. The number of aliphatic imine (C=N–C) groups is 1. The Morgan fingerprint density at radius 1 is 1.10 bits per heavy atom. The predicted octanol–water partition coefficient (Wildman–Crippen LogP) is 3.79. The standard InChI is InChI=1S/C30H39N5O5/c1-7-30(8-2)16-22(36)35(27(31)34-30)19-15-28(3,4)39-21-14-13-18(32-24(19)21)26(38)33-23-17-11-9-10-12-20(17)40-29(5,6)25(23)37/h9-14,19,23,25,37H,7-8,15-16H2,1-6H3,(H2,31,34)(H,33,38)/t19-,23-,25+/m1/s1. The molecule has 0 aliphatic carbocycles. The molecule has 3 atom stereocenters. The second-order valence-corrected chi connectivity index (χ2v) is 12.1. The van der Waals surface area contributed by atoms with E-state index in [9.17, 15) is 14.7 Å². The van der Waals surface area contributed by atoms with Crippen LogP contribution < -0.4 is 20.5 Å². The van der Waals surface area contributed by atoms with Gasteiger partial charge in [0.1, 0.15) is 40.2 Å². The maximum Gasteiger partial charge on any atom is 0.270 e. The zero-order chi connectivity index (χ0) is 29.0. The fourth-order valence-electron chi connectivity index (χ4n) is 5.97. The first-order chi connectivity index (χ1) is 18.8. The quantitative estimate of drug-likeness (QED) is 0.516. The lowest BCUT2D eigenvalue weighted by Crippen LogP contribution is -2.55. The smallest absolute Gasteiger partial charge is 0.270 e. The van der Waals surface area contributed by atoms with Crippen molar-refractivity contribution in [1.82, 2.24) is 15.2 Å². The second kappa shape index (κ2) is 9.76. The molecule has 1 aromatic carbocycles. The van der Waals surface area contributed by atoms with Gasteiger partial charge in [0.15, 0.2) is 5.96 Å². The zero-order valence-corrected chi connectivity index (χ0v) is 24.0. The van der Waals surface area contributed by atoms with Crippen LogP contribution in [0.5, 0.6) is 11.5 Å². The number of carbonyl (C=O) groups excluding carboxylic acids is 2. The van der Waals surface area contributed by atoms with Gasteiger partial charge in [-0.25, -0.2) is 9.98 Å². The molecule has 10 nitrogen and oxygen atoms in total. The van der Waals surface area contributed by atoms with E-state index in [1.165, 1.54) is 4.90 Å². The second-order valence-electron chi connectivity index (χ2n) is 12.1. The summed E-state index contributed by atoms with van der Waals surface area (Å²) in [5.41, 5.74) is 5.69. The first-order valence-electron chi connectivity index (χ1n) is 13.9. The minimum Gasteiger partial charge on any atom is -0.486 e.